The lowest BCUT2D eigenvalue weighted by Gasteiger charge is -2.28. The van der Waals surface area contributed by atoms with Crippen LogP contribution in [0.25, 0.3) is 0 Å². The van der Waals surface area contributed by atoms with Crippen molar-refractivity contribution in [3.63, 3.8) is 0 Å². The second kappa shape index (κ2) is 9.30. The van der Waals surface area contributed by atoms with Gasteiger partial charge >= 0.3 is 6.03 Å². The van der Waals surface area contributed by atoms with E-state index in [1.807, 2.05) is 0 Å². The Morgan fingerprint density at radius 1 is 1.16 bits per heavy atom. The number of rotatable bonds is 5. The summed E-state index contributed by atoms with van der Waals surface area (Å²) in [6.45, 7) is 0.428. The normalized spacial score (nSPS) is 31.2. The Morgan fingerprint density at radius 2 is 1.84 bits per heavy atom. The number of carbonyl (C=O) groups excluding carboxylic acids is 2. The molecule has 1 aromatic rings. The maximum atomic E-state index is 12.9. The highest BCUT2D eigenvalue weighted by molar-refractivity contribution is 7.91. The lowest BCUT2D eigenvalue weighted by atomic mass is 10.1. The van der Waals surface area contributed by atoms with Crippen molar-refractivity contribution in [1.29, 1.82) is 0 Å². The number of anilines is 1. The van der Waals surface area contributed by atoms with Crippen LogP contribution in [0.3, 0.4) is 0 Å². The summed E-state index contributed by atoms with van der Waals surface area (Å²) in [5.74, 6) is -0.634. The third-order valence-electron chi connectivity index (χ3n) is 5.94. The Labute approximate surface area is 185 Å². The molecule has 3 fully saturated rings. The molecule has 0 aliphatic carbocycles. The zero-order chi connectivity index (χ0) is 22.9. The van der Waals surface area contributed by atoms with Crippen molar-refractivity contribution < 1.29 is 37.0 Å². The third-order valence-corrected chi connectivity index (χ3v) is 7.55. The van der Waals surface area contributed by atoms with E-state index in [1.165, 1.54) is 29.2 Å². The SMILES string of the molecule is O=C(NCC1OC2CC(CC(=O)N3CCS(=O)(=O)CC3)OC2C1O)Nc1ccc(F)cc1. The van der Waals surface area contributed by atoms with Gasteiger partial charge in [0.1, 0.15) is 24.1 Å². The first-order valence-electron chi connectivity index (χ1n) is 10.5. The van der Waals surface area contributed by atoms with Crippen molar-refractivity contribution in [2.24, 2.45) is 0 Å². The largest absolute Gasteiger partial charge is 0.388 e. The number of amides is 3. The standard InChI is InChI=1S/C20H26FN3O7S/c21-12-1-3-13(4-2-12)23-20(27)22-11-16-18(26)19-15(31-16)9-14(30-19)10-17(25)24-5-7-32(28,29)8-6-24/h1-4,14-16,18-19,26H,5-11H2,(H2,22,23,27). The molecule has 32 heavy (non-hydrogen) atoms. The molecule has 3 amide bonds. The van der Waals surface area contributed by atoms with Crippen LogP contribution in [0, 0.1) is 5.82 Å². The molecular weight excluding hydrogens is 445 g/mol. The Morgan fingerprint density at radius 3 is 2.50 bits per heavy atom. The van der Waals surface area contributed by atoms with Gasteiger partial charge < -0.3 is 30.1 Å². The fourth-order valence-electron chi connectivity index (χ4n) is 4.20. The van der Waals surface area contributed by atoms with E-state index >= 15 is 0 Å². The van der Waals surface area contributed by atoms with Crippen LogP contribution < -0.4 is 10.6 Å². The number of sulfone groups is 1. The number of aliphatic hydroxyl groups is 1. The molecule has 3 aliphatic rings. The Bertz CT molecular complexity index is 944. The van der Waals surface area contributed by atoms with Crippen LogP contribution in [0.15, 0.2) is 24.3 Å². The van der Waals surface area contributed by atoms with Gasteiger partial charge in [0.05, 0.1) is 30.1 Å². The molecule has 1 aromatic carbocycles. The van der Waals surface area contributed by atoms with E-state index in [4.69, 9.17) is 9.47 Å². The summed E-state index contributed by atoms with van der Waals surface area (Å²) >= 11 is 0. The second-order valence-corrected chi connectivity index (χ2v) is 10.5. The fraction of sp³-hybridized carbons (Fsp3) is 0.600. The quantitative estimate of drug-likeness (QED) is 0.545. The Balaban J connectivity index is 1.20. The van der Waals surface area contributed by atoms with E-state index in [2.05, 4.69) is 10.6 Å². The second-order valence-electron chi connectivity index (χ2n) is 8.24. The molecule has 5 atom stereocenters. The summed E-state index contributed by atoms with van der Waals surface area (Å²) in [4.78, 5) is 26.0. The van der Waals surface area contributed by atoms with Crippen LogP contribution in [0.5, 0.6) is 0 Å². The molecular formula is C20H26FN3O7S. The number of benzene rings is 1. The minimum atomic E-state index is -3.06. The fourth-order valence-corrected chi connectivity index (χ4v) is 5.40. The maximum Gasteiger partial charge on any atom is 0.319 e. The van der Waals surface area contributed by atoms with Crippen LogP contribution in [0.4, 0.5) is 14.9 Å². The summed E-state index contributed by atoms with van der Waals surface area (Å²) in [5.41, 5.74) is 0.427. The lowest BCUT2D eigenvalue weighted by molar-refractivity contribution is -0.134. The molecule has 5 unspecified atom stereocenters. The predicted molar refractivity (Wildman–Crippen MR) is 111 cm³/mol. The number of nitrogens with one attached hydrogen (secondary N) is 2. The van der Waals surface area contributed by atoms with Crippen LogP contribution in [-0.4, -0.2) is 92.0 Å². The first kappa shape index (κ1) is 22.9. The molecule has 3 heterocycles. The molecule has 0 aromatic heterocycles. The minimum Gasteiger partial charge on any atom is -0.388 e. The van der Waals surface area contributed by atoms with E-state index < -0.39 is 52.2 Å². The van der Waals surface area contributed by atoms with Gasteiger partial charge in [0.2, 0.25) is 5.91 Å². The number of aliphatic hydroxyl groups excluding tert-OH is 1. The van der Waals surface area contributed by atoms with Gasteiger partial charge in [0, 0.05) is 31.7 Å². The van der Waals surface area contributed by atoms with Crippen LogP contribution in [-0.2, 0) is 24.1 Å². The van der Waals surface area contributed by atoms with Gasteiger partial charge in [0.15, 0.2) is 9.84 Å². The molecule has 176 valence electrons. The monoisotopic (exact) mass is 471 g/mol. The van der Waals surface area contributed by atoms with E-state index in [1.54, 1.807) is 0 Å². The number of halogens is 1. The summed E-state index contributed by atoms with van der Waals surface area (Å²) in [7, 11) is -3.06. The van der Waals surface area contributed by atoms with Gasteiger partial charge in [-0.1, -0.05) is 0 Å². The predicted octanol–water partition coefficient (Wildman–Crippen LogP) is -0.120. The average molecular weight is 472 g/mol. The molecule has 12 heteroatoms. The molecule has 3 N–H and O–H groups in total. The highest BCUT2D eigenvalue weighted by atomic mass is 32.2. The topological polar surface area (TPSA) is 134 Å². The molecule has 10 nitrogen and oxygen atoms in total. The number of hydrogen-bond donors (Lipinski definition) is 3. The first-order valence-corrected chi connectivity index (χ1v) is 12.3. The Kier molecular flexibility index (Phi) is 6.65. The van der Waals surface area contributed by atoms with E-state index in [0.717, 1.165) is 0 Å². The number of carbonyl (C=O) groups is 2. The summed E-state index contributed by atoms with van der Waals surface area (Å²) in [6, 6.07) is 4.80. The highest BCUT2D eigenvalue weighted by Gasteiger charge is 2.50. The van der Waals surface area contributed by atoms with Gasteiger partial charge in [-0.15, -0.1) is 0 Å². The van der Waals surface area contributed by atoms with Gasteiger partial charge in [-0.3, -0.25) is 4.79 Å². The van der Waals surface area contributed by atoms with Crippen LogP contribution in [0.2, 0.25) is 0 Å². The van der Waals surface area contributed by atoms with E-state index in [0.29, 0.717) is 12.1 Å². The third kappa shape index (κ3) is 5.37. The van der Waals surface area contributed by atoms with Gasteiger partial charge in [-0.05, 0) is 24.3 Å². The summed E-state index contributed by atoms with van der Waals surface area (Å²) in [6.07, 6.45) is -2.50. The van der Waals surface area contributed by atoms with Crippen molar-refractivity contribution in [3.05, 3.63) is 30.1 Å². The summed E-state index contributed by atoms with van der Waals surface area (Å²) in [5, 5.41) is 15.7. The van der Waals surface area contributed by atoms with Crippen molar-refractivity contribution in [3.8, 4) is 0 Å². The molecule has 0 spiro atoms. The maximum absolute atomic E-state index is 12.9. The zero-order valence-corrected chi connectivity index (χ0v) is 18.1. The zero-order valence-electron chi connectivity index (χ0n) is 17.3. The minimum absolute atomic E-state index is 0.0270. The van der Waals surface area contributed by atoms with Gasteiger partial charge in [0.25, 0.3) is 0 Å². The number of hydrogen-bond acceptors (Lipinski definition) is 7. The van der Waals surface area contributed by atoms with Crippen LogP contribution >= 0.6 is 0 Å². The summed E-state index contributed by atoms with van der Waals surface area (Å²) < 4.78 is 47.6. The molecule has 0 bridgehead atoms. The number of urea groups is 1. The number of nitrogens with zero attached hydrogens (tertiary/aromatic N) is 1. The average Bonchev–Trinajstić information content (AvgIpc) is 3.26. The van der Waals surface area contributed by atoms with Crippen molar-refractivity contribution in [2.75, 3.05) is 36.5 Å². The number of fused-ring (bicyclic) bond motifs is 1. The smallest absolute Gasteiger partial charge is 0.319 e. The molecule has 0 radical (unpaired) electrons. The number of ether oxygens (including phenoxy) is 2. The Hall–Kier alpha value is -2.28. The highest BCUT2D eigenvalue weighted by Crippen LogP contribution is 2.35. The van der Waals surface area contributed by atoms with E-state index in [9.17, 15) is 27.5 Å². The van der Waals surface area contributed by atoms with Gasteiger partial charge in [-0.25, -0.2) is 17.6 Å². The van der Waals surface area contributed by atoms with Crippen molar-refractivity contribution >= 4 is 27.5 Å². The first-order chi connectivity index (χ1) is 15.2. The van der Waals surface area contributed by atoms with E-state index in [-0.39, 0.29) is 43.5 Å². The molecule has 4 rings (SSSR count). The van der Waals surface area contributed by atoms with Crippen LogP contribution in [0.1, 0.15) is 12.8 Å². The van der Waals surface area contributed by atoms with Gasteiger partial charge in [-0.2, -0.15) is 0 Å². The molecule has 3 saturated heterocycles. The van der Waals surface area contributed by atoms with Crippen molar-refractivity contribution in [1.82, 2.24) is 10.2 Å². The van der Waals surface area contributed by atoms with Crippen molar-refractivity contribution in [2.45, 2.75) is 43.4 Å². The molecule has 3 aliphatic heterocycles. The lowest BCUT2D eigenvalue weighted by Crippen LogP contribution is -2.45. The molecule has 0 saturated carbocycles.